The second-order valence-corrected chi connectivity index (χ2v) is 5.05. The molecule has 1 aliphatic rings. The highest BCUT2D eigenvalue weighted by atomic mass is 16.4. The molecule has 1 saturated carbocycles. The van der Waals surface area contributed by atoms with Crippen molar-refractivity contribution in [2.75, 3.05) is 6.54 Å². The van der Waals surface area contributed by atoms with Crippen molar-refractivity contribution in [1.29, 1.82) is 0 Å². The Hall–Kier alpha value is -0.570. The summed E-state index contributed by atoms with van der Waals surface area (Å²) in [6.07, 6.45) is 3.90. The van der Waals surface area contributed by atoms with Gasteiger partial charge in [-0.15, -0.1) is 0 Å². The van der Waals surface area contributed by atoms with Crippen molar-refractivity contribution in [3.63, 3.8) is 0 Å². The molecule has 0 aliphatic heterocycles. The lowest BCUT2D eigenvalue weighted by molar-refractivity contribution is -0.144. The molecule has 3 nitrogen and oxygen atoms in total. The van der Waals surface area contributed by atoms with Crippen molar-refractivity contribution in [1.82, 2.24) is 0 Å². The number of rotatable bonds is 4. The van der Waals surface area contributed by atoms with Crippen molar-refractivity contribution >= 4 is 5.97 Å². The number of aliphatic carboxylic acids is 1. The average molecular weight is 213 g/mol. The molecule has 0 aromatic carbocycles. The molecule has 15 heavy (non-hydrogen) atoms. The van der Waals surface area contributed by atoms with Gasteiger partial charge in [0.2, 0.25) is 0 Å². The van der Waals surface area contributed by atoms with Gasteiger partial charge in [0.15, 0.2) is 0 Å². The van der Waals surface area contributed by atoms with Gasteiger partial charge in [-0.3, -0.25) is 4.79 Å². The molecule has 4 unspecified atom stereocenters. The van der Waals surface area contributed by atoms with Gasteiger partial charge in [-0.1, -0.05) is 20.3 Å². The van der Waals surface area contributed by atoms with Crippen molar-refractivity contribution in [2.24, 2.45) is 29.4 Å². The molecule has 3 N–H and O–H groups in total. The predicted octanol–water partition coefficient (Wildman–Crippen LogP) is 2.11. The van der Waals surface area contributed by atoms with Crippen LogP contribution < -0.4 is 5.73 Å². The van der Waals surface area contributed by atoms with Crippen molar-refractivity contribution < 1.29 is 9.90 Å². The summed E-state index contributed by atoms with van der Waals surface area (Å²) in [5.41, 5.74) is 5.47. The molecule has 1 fully saturated rings. The van der Waals surface area contributed by atoms with E-state index in [0.29, 0.717) is 24.8 Å². The van der Waals surface area contributed by atoms with E-state index >= 15 is 0 Å². The summed E-state index contributed by atoms with van der Waals surface area (Å²) in [5.74, 6) is 0.867. The van der Waals surface area contributed by atoms with Gasteiger partial charge in [0.25, 0.3) is 0 Å². The molecule has 0 radical (unpaired) electrons. The van der Waals surface area contributed by atoms with Gasteiger partial charge in [0.1, 0.15) is 0 Å². The van der Waals surface area contributed by atoms with Crippen molar-refractivity contribution in [2.45, 2.75) is 39.5 Å². The first-order valence-electron chi connectivity index (χ1n) is 5.99. The lowest BCUT2D eigenvalue weighted by atomic mass is 9.70. The Bertz CT molecular complexity index is 218. The van der Waals surface area contributed by atoms with Crippen LogP contribution in [0.2, 0.25) is 0 Å². The van der Waals surface area contributed by atoms with Gasteiger partial charge in [0.05, 0.1) is 5.92 Å². The first-order chi connectivity index (χ1) is 7.06. The van der Waals surface area contributed by atoms with Crippen LogP contribution in [0.1, 0.15) is 39.5 Å². The molecule has 0 saturated heterocycles. The Balaban J connectivity index is 2.57. The molecule has 88 valence electrons. The lowest BCUT2D eigenvalue weighted by Gasteiger charge is -2.35. The van der Waals surface area contributed by atoms with Crippen LogP contribution in [0.5, 0.6) is 0 Å². The van der Waals surface area contributed by atoms with Crippen LogP contribution in [0.3, 0.4) is 0 Å². The molecule has 0 aromatic rings. The van der Waals surface area contributed by atoms with Crippen LogP contribution in [-0.4, -0.2) is 17.6 Å². The smallest absolute Gasteiger partial charge is 0.306 e. The number of hydrogen-bond acceptors (Lipinski definition) is 2. The summed E-state index contributed by atoms with van der Waals surface area (Å²) < 4.78 is 0. The number of carbonyl (C=O) groups is 1. The van der Waals surface area contributed by atoms with Gasteiger partial charge in [-0.05, 0) is 43.6 Å². The van der Waals surface area contributed by atoms with Gasteiger partial charge < -0.3 is 10.8 Å². The molecule has 0 amide bonds. The summed E-state index contributed by atoms with van der Waals surface area (Å²) >= 11 is 0. The highest BCUT2D eigenvalue weighted by molar-refractivity contribution is 5.70. The molecule has 0 aromatic heterocycles. The highest BCUT2D eigenvalue weighted by Crippen LogP contribution is 2.38. The van der Waals surface area contributed by atoms with Crippen LogP contribution in [0.15, 0.2) is 0 Å². The van der Waals surface area contributed by atoms with E-state index in [1.54, 1.807) is 0 Å². The zero-order chi connectivity index (χ0) is 11.4. The Labute approximate surface area is 92.0 Å². The van der Waals surface area contributed by atoms with Gasteiger partial charge >= 0.3 is 5.97 Å². The normalized spacial score (nSPS) is 33.7. The highest BCUT2D eigenvalue weighted by Gasteiger charge is 2.33. The predicted molar refractivity (Wildman–Crippen MR) is 60.5 cm³/mol. The monoisotopic (exact) mass is 213 g/mol. The van der Waals surface area contributed by atoms with Gasteiger partial charge in [-0.2, -0.15) is 0 Å². The fraction of sp³-hybridized carbons (Fsp3) is 0.917. The minimum absolute atomic E-state index is 0.218. The Morgan fingerprint density at radius 1 is 1.40 bits per heavy atom. The largest absolute Gasteiger partial charge is 0.481 e. The van der Waals surface area contributed by atoms with E-state index in [1.807, 2.05) is 0 Å². The first-order valence-corrected chi connectivity index (χ1v) is 5.99. The standard InChI is InChI=1S/C12H23NO2/c1-8-3-4-10(7-9(8)2)11(5-6-13)12(14)15/h8-11H,3-7,13H2,1-2H3,(H,14,15). The first kappa shape index (κ1) is 12.5. The van der Waals surface area contributed by atoms with E-state index in [1.165, 1.54) is 6.42 Å². The molecule has 1 aliphatic carbocycles. The Kier molecular flexibility index (Phi) is 4.58. The zero-order valence-corrected chi connectivity index (χ0v) is 9.78. The van der Waals surface area contributed by atoms with E-state index in [0.717, 1.165) is 18.8 Å². The van der Waals surface area contributed by atoms with Crippen LogP contribution in [0, 0.1) is 23.7 Å². The molecule has 0 spiro atoms. The Morgan fingerprint density at radius 2 is 2.07 bits per heavy atom. The maximum Gasteiger partial charge on any atom is 0.306 e. The van der Waals surface area contributed by atoms with Crippen LogP contribution in [0.4, 0.5) is 0 Å². The van der Waals surface area contributed by atoms with E-state index < -0.39 is 5.97 Å². The molecule has 0 bridgehead atoms. The van der Waals surface area contributed by atoms with E-state index in [4.69, 9.17) is 10.8 Å². The van der Waals surface area contributed by atoms with Crippen molar-refractivity contribution in [3.05, 3.63) is 0 Å². The average Bonchev–Trinajstić information content (AvgIpc) is 2.18. The minimum Gasteiger partial charge on any atom is -0.481 e. The topological polar surface area (TPSA) is 63.3 Å². The molecular weight excluding hydrogens is 190 g/mol. The molecule has 0 heterocycles. The minimum atomic E-state index is -0.660. The van der Waals surface area contributed by atoms with Gasteiger partial charge in [0, 0.05) is 0 Å². The molecule has 1 rings (SSSR count). The third-order valence-electron chi connectivity index (χ3n) is 4.00. The summed E-state index contributed by atoms with van der Waals surface area (Å²) in [4.78, 5) is 11.1. The number of hydrogen-bond donors (Lipinski definition) is 2. The maximum absolute atomic E-state index is 11.1. The fourth-order valence-corrected chi connectivity index (χ4v) is 2.70. The maximum atomic E-state index is 11.1. The zero-order valence-electron chi connectivity index (χ0n) is 9.78. The van der Waals surface area contributed by atoms with Crippen molar-refractivity contribution in [3.8, 4) is 0 Å². The van der Waals surface area contributed by atoms with Crippen LogP contribution in [0.25, 0.3) is 0 Å². The second-order valence-electron chi connectivity index (χ2n) is 5.05. The summed E-state index contributed by atoms with van der Waals surface area (Å²) in [5, 5.41) is 9.15. The molecular formula is C12H23NO2. The lowest BCUT2D eigenvalue weighted by Crippen LogP contribution is -2.32. The number of carboxylic acids is 1. The number of nitrogens with two attached hydrogens (primary N) is 1. The third-order valence-corrected chi connectivity index (χ3v) is 4.00. The SMILES string of the molecule is CC1CCC(C(CCN)C(=O)O)CC1C. The molecule has 4 atom stereocenters. The fourth-order valence-electron chi connectivity index (χ4n) is 2.70. The second kappa shape index (κ2) is 5.50. The number of carboxylic acid groups (broad SMARTS) is 1. The van der Waals surface area contributed by atoms with Crippen LogP contribution >= 0.6 is 0 Å². The third kappa shape index (κ3) is 3.20. The summed E-state index contributed by atoms with van der Waals surface area (Å²) in [6.45, 7) is 4.98. The summed E-state index contributed by atoms with van der Waals surface area (Å²) in [7, 11) is 0. The van der Waals surface area contributed by atoms with Crippen LogP contribution in [-0.2, 0) is 4.79 Å². The summed E-state index contributed by atoms with van der Waals surface area (Å²) in [6, 6.07) is 0. The molecule has 3 heteroatoms. The quantitative estimate of drug-likeness (QED) is 0.751. The van der Waals surface area contributed by atoms with Gasteiger partial charge in [-0.25, -0.2) is 0 Å². The van der Waals surface area contributed by atoms with E-state index in [-0.39, 0.29) is 5.92 Å². The van der Waals surface area contributed by atoms with E-state index in [2.05, 4.69) is 13.8 Å². The Morgan fingerprint density at radius 3 is 2.53 bits per heavy atom. The van der Waals surface area contributed by atoms with E-state index in [9.17, 15) is 4.79 Å².